The van der Waals surface area contributed by atoms with Gasteiger partial charge in [-0.15, -0.1) is 0 Å². The summed E-state index contributed by atoms with van der Waals surface area (Å²) >= 11 is 0. The van der Waals surface area contributed by atoms with E-state index in [0.717, 1.165) is 6.07 Å². The molecule has 2 aromatic rings. The summed E-state index contributed by atoms with van der Waals surface area (Å²) in [6.07, 6.45) is 0. The van der Waals surface area contributed by atoms with Crippen LogP contribution in [0.2, 0.25) is 0 Å². The van der Waals surface area contributed by atoms with Crippen LogP contribution in [0.4, 0.5) is 4.39 Å². The van der Waals surface area contributed by atoms with Crippen molar-refractivity contribution >= 4 is 5.91 Å². The van der Waals surface area contributed by atoms with Gasteiger partial charge < -0.3 is 15.2 Å². The van der Waals surface area contributed by atoms with Gasteiger partial charge in [0.15, 0.2) is 17.2 Å². The topological polar surface area (TPSA) is 103 Å². The number of hydrogen-bond acceptors (Lipinski definition) is 5. The van der Waals surface area contributed by atoms with Crippen LogP contribution in [0.3, 0.4) is 0 Å². The zero-order valence-corrected chi connectivity index (χ0v) is 8.94. The van der Waals surface area contributed by atoms with Gasteiger partial charge in [-0.1, -0.05) is 0 Å². The van der Waals surface area contributed by atoms with Crippen molar-refractivity contribution in [3.8, 4) is 22.8 Å². The molecule has 3 rings (SSSR count). The Kier molecular flexibility index (Phi) is 2.15. The lowest BCUT2D eigenvalue weighted by Gasteiger charge is -2.02. The molecule has 0 spiro atoms. The van der Waals surface area contributed by atoms with Crippen molar-refractivity contribution in [1.29, 1.82) is 0 Å². The monoisotopic (exact) mass is 250 g/mol. The maximum Gasteiger partial charge on any atom is 0.271 e. The number of fused-ring (bicyclic) bond motifs is 1. The lowest BCUT2D eigenvalue weighted by molar-refractivity contribution is 0.0996. The number of nitrogens with two attached hydrogens (primary N) is 1. The number of amides is 1. The van der Waals surface area contributed by atoms with Crippen LogP contribution < -0.4 is 15.2 Å². The van der Waals surface area contributed by atoms with Crippen molar-refractivity contribution in [3.05, 3.63) is 23.6 Å². The Morgan fingerprint density at radius 2 is 2.06 bits per heavy atom. The first kappa shape index (κ1) is 10.5. The maximum atomic E-state index is 13.9. The normalized spacial score (nSPS) is 12.7. The van der Waals surface area contributed by atoms with Crippen LogP contribution in [0.25, 0.3) is 11.3 Å². The van der Waals surface area contributed by atoms with Crippen LogP contribution in [0.5, 0.6) is 11.5 Å². The van der Waals surface area contributed by atoms with Crippen molar-refractivity contribution in [2.24, 2.45) is 5.73 Å². The van der Waals surface area contributed by atoms with Gasteiger partial charge in [0.1, 0.15) is 11.5 Å². The minimum atomic E-state index is -0.796. The van der Waals surface area contributed by atoms with Crippen LogP contribution in [0.1, 0.15) is 10.5 Å². The second-order valence-electron chi connectivity index (χ2n) is 3.57. The number of nitrogens with one attached hydrogen (secondary N) is 1. The Bertz CT molecular complexity index is 640. The number of primary amides is 1. The molecule has 1 aromatic heterocycles. The minimum absolute atomic E-state index is 0.0275. The first-order valence-electron chi connectivity index (χ1n) is 4.97. The van der Waals surface area contributed by atoms with E-state index in [4.69, 9.17) is 15.2 Å². The fourth-order valence-electron chi connectivity index (χ4n) is 1.69. The molecule has 92 valence electrons. The summed E-state index contributed by atoms with van der Waals surface area (Å²) in [6.45, 7) is 0.0275. The van der Waals surface area contributed by atoms with Crippen LogP contribution >= 0.6 is 0 Å². The van der Waals surface area contributed by atoms with Crippen LogP contribution in [-0.2, 0) is 0 Å². The summed E-state index contributed by atoms with van der Waals surface area (Å²) < 4.78 is 24.0. The van der Waals surface area contributed by atoms with Crippen LogP contribution in [-0.4, -0.2) is 28.1 Å². The third-order valence-corrected chi connectivity index (χ3v) is 2.50. The van der Waals surface area contributed by atoms with E-state index in [1.54, 1.807) is 0 Å². The number of halogens is 1. The van der Waals surface area contributed by atoms with Crippen molar-refractivity contribution in [1.82, 2.24) is 15.4 Å². The third kappa shape index (κ3) is 1.46. The molecule has 0 bridgehead atoms. The predicted octanol–water partition coefficient (Wildman–Crippen LogP) is 0.438. The quantitative estimate of drug-likeness (QED) is 0.804. The Hall–Kier alpha value is -2.64. The van der Waals surface area contributed by atoms with E-state index in [9.17, 15) is 9.18 Å². The molecular weight excluding hydrogens is 243 g/mol. The van der Waals surface area contributed by atoms with Gasteiger partial charge in [-0.2, -0.15) is 15.4 Å². The fourth-order valence-corrected chi connectivity index (χ4v) is 1.69. The van der Waals surface area contributed by atoms with Gasteiger partial charge in [-0.3, -0.25) is 4.79 Å². The van der Waals surface area contributed by atoms with Gasteiger partial charge in [0.05, 0.1) is 0 Å². The number of aromatic amines is 1. The molecule has 8 heteroatoms. The molecular formula is C10H7FN4O3. The zero-order valence-electron chi connectivity index (χ0n) is 8.94. The zero-order chi connectivity index (χ0) is 12.7. The number of carbonyl (C=O) groups is 1. The van der Waals surface area contributed by atoms with Gasteiger partial charge >= 0.3 is 0 Å². The highest BCUT2D eigenvalue weighted by Crippen LogP contribution is 2.37. The summed E-state index contributed by atoms with van der Waals surface area (Å²) in [5, 5.41) is 9.53. The predicted molar refractivity (Wildman–Crippen MR) is 56.4 cm³/mol. The molecule has 18 heavy (non-hydrogen) atoms. The lowest BCUT2D eigenvalue weighted by atomic mass is 10.1. The highest BCUT2D eigenvalue weighted by molar-refractivity contribution is 5.96. The number of nitrogens with zero attached hydrogens (tertiary/aromatic N) is 2. The first-order valence-corrected chi connectivity index (χ1v) is 4.97. The van der Waals surface area contributed by atoms with E-state index >= 15 is 0 Å². The van der Waals surface area contributed by atoms with Crippen molar-refractivity contribution in [2.45, 2.75) is 0 Å². The second kappa shape index (κ2) is 3.69. The number of rotatable bonds is 2. The molecule has 7 nitrogen and oxygen atoms in total. The average molecular weight is 250 g/mol. The number of carbonyl (C=O) groups excluding carboxylic acids is 1. The summed E-state index contributed by atoms with van der Waals surface area (Å²) in [5.41, 5.74) is 5.10. The van der Waals surface area contributed by atoms with Gasteiger partial charge in [0.25, 0.3) is 5.91 Å². The van der Waals surface area contributed by atoms with E-state index in [1.165, 1.54) is 6.07 Å². The second-order valence-corrected chi connectivity index (χ2v) is 3.57. The molecule has 0 aliphatic carbocycles. The highest BCUT2D eigenvalue weighted by atomic mass is 19.1. The largest absolute Gasteiger partial charge is 0.454 e. The summed E-state index contributed by atoms with van der Waals surface area (Å²) in [6, 6.07) is 2.55. The molecule has 0 unspecified atom stereocenters. The van der Waals surface area contributed by atoms with E-state index in [-0.39, 0.29) is 23.7 Å². The van der Waals surface area contributed by atoms with Crippen molar-refractivity contribution < 1.29 is 18.7 Å². The Morgan fingerprint density at radius 1 is 1.33 bits per heavy atom. The average Bonchev–Trinajstić information content (AvgIpc) is 2.94. The van der Waals surface area contributed by atoms with Crippen molar-refractivity contribution in [2.75, 3.05) is 6.79 Å². The molecule has 1 aromatic carbocycles. The molecule has 2 heterocycles. The number of aromatic nitrogens is 3. The number of benzene rings is 1. The van der Waals surface area contributed by atoms with Gasteiger partial charge in [-0.25, -0.2) is 4.39 Å². The minimum Gasteiger partial charge on any atom is -0.454 e. The molecule has 0 atom stereocenters. The first-order chi connectivity index (χ1) is 8.66. The molecule has 0 radical (unpaired) electrons. The Labute approximate surface area is 99.7 Å². The molecule has 0 fully saturated rings. The molecule has 1 aliphatic heterocycles. The molecule has 1 aliphatic rings. The van der Waals surface area contributed by atoms with E-state index < -0.39 is 11.7 Å². The summed E-state index contributed by atoms with van der Waals surface area (Å²) in [7, 11) is 0. The smallest absolute Gasteiger partial charge is 0.271 e. The van der Waals surface area contributed by atoms with Crippen molar-refractivity contribution in [3.63, 3.8) is 0 Å². The fraction of sp³-hybridized carbons (Fsp3) is 0.100. The highest BCUT2D eigenvalue weighted by Gasteiger charge is 2.23. The molecule has 0 saturated carbocycles. The third-order valence-electron chi connectivity index (χ3n) is 2.50. The summed E-state index contributed by atoms with van der Waals surface area (Å²) in [4.78, 5) is 11.1. The van der Waals surface area contributed by atoms with Gasteiger partial charge in [0.2, 0.25) is 6.79 Å². The standard InChI is InChI=1S/C10H7FN4O3/c11-5-2-7-6(17-3-18-7)1-4(5)8-9(10(12)16)14-15-13-8/h1-2H,3H2,(H2,12,16)(H,13,14,15). The Balaban J connectivity index is 2.17. The maximum absolute atomic E-state index is 13.9. The molecule has 0 saturated heterocycles. The molecule has 1 amide bonds. The lowest BCUT2D eigenvalue weighted by Crippen LogP contribution is -2.13. The summed E-state index contributed by atoms with van der Waals surface area (Å²) in [5.74, 6) is -0.711. The van der Waals surface area contributed by atoms with Crippen LogP contribution in [0, 0.1) is 5.82 Å². The molecule has 3 N–H and O–H groups in total. The van der Waals surface area contributed by atoms with Gasteiger partial charge in [0, 0.05) is 11.6 Å². The van der Waals surface area contributed by atoms with E-state index in [0.29, 0.717) is 11.5 Å². The van der Waals surface area contributed by atoms with E-state index in [2.05, 4.69) is 15.4 Å². The number of H-pyrrole nitrogens is 1. The number of hydrogen-bond donors (Lipinski definition) is 2. The van der Waals surface area contributed by atoms with Crippen LogP contribution in [0.15, 0.2) is 12.1 Å². The Morgan fingerprint density at radius 3 is 2.78 bits per heavy atom. The van der Waals surface area contributed by atoms with E-state index in [1.807, 2.05) is 0 Å². The SMILES string of the molecule is NC(=O)c1n[nH]nc1-c1cc2c(cc1F)OCO2. The number of ether oxygens (including phenoxy) is 2. The van der Waals surface area contributed by atoms with Gasteiger partial charge in [-0.05, 0) is 6.07 Å².